The predicted octanol–water partition coefficient (Wildman–Crippen LogP) is 3.74. The summed E-state index contributed by atoms with van der Waals surface area (Å²) in [5.74, 6) is 0.147. The van der Waals surface area contributed by atoms with Gasteiger partial charge >= 0.3 is 5.97 Å². The minimum Gasteiger partial charge on any atom is -0.472 e. The Kier molecular flexibility index (Phi) is 4.47. The van der Waals surface area contributed by atoms with Crippen molar-refractivity contribution < 1.29 is 23.8 Å². The Morgan fingerprint density at radius 2 is 2.15 bits per heavy atom. The number of epoxide rings is 1. The van der Waals surface area contributed by atoms with Gasteiger partial charge in [0, 0.05) is 17.8 Å². The highest BCUT2D eigenvalue weighted by molar-refractivity contribution is 5.65. The molecule has 1 aromatic heterocycles. The van der Waals surface area contributed by atoms with Gasteiger partial charge in [0.25, 0.3) is 0 Å². The highest BCUT2D eigenvalue weighted by Crippen LogP contribution is 2.70. The van der Waals surface area contributed by atoms with E-state index in [2.05, 4.69) is 20.8 Å². The minimum atomic E-state index is -0.425. The van der Waals surface area contributed by atoms with Crippen molar-refractivity contribution >= 4 is 5.97 Å². The number of aliphatic hydroxyl groups excluding tert-OH is 1. The fraction of sp³-hybridized carbons (Fsp3) is 0.773. The highest BCUT2D eigenvalue weighted by Gasteiger charge is 2.73. The smallest absolute Gasteiger partial charge is 0.302 e. The van der Waals surface area contributed by atoms with Crippen molar-refractivity contribution in [3.63, 3.8) is 0 Å². The maximum absolute atomic E-state index is 11.7. The zero-order valence-corrected chi connectivity index (χ0v) is 16.9. The predicted molar refractivity (Wildman–Crippen MR) is 100.0 cm³/mol. The van der Waals surface area contributed by atoms with E-state index in [1.165, 1.54) is 6.92 Å². The van der Waals surface area contributed by atoms with Gasteiger partial charge in [-0.15, -0.1) is 0 Å². The van der Waals surface area contributed by atoms with E-state index in [1.807, 2.05) is 6.07 Å². The lowest BCUT2D eigenvalue weighted by Crippen LogP contribution is -2.62. The molecule has 27 heavy (non-hydrogen) atoms. The fourth-order valence-electron chi connectivity index (χ4n) is 6.41. The van der Waals surface area contributed by atoms with Gasteiger partial charge in [-0.2, -0.15) is 0 Å². The van der Waals surface area contributed by atoms with Crippen molar-refractivity contribution in [2.24, 2.45) is 22.7 Å². The number of fused-ring (bicyclic) bond motifs is 3. The molecule has 2 aliphatic carbocycles. The van der Waals surface area contributed by atoms with Gasteiger partial charge in [0.2, 0.25) is 0 Å². The molecule has 3 fully saturated rings. The van der Waals surface area contributed by atoms with Crippen LogP contribution in [0.15, 0.2) is 23.0 Å². The largest absolute Gasteiger partial charge is 0.472 e. The molecule has 2 heterocycles. The summed E-state index contributed by atoms with van der Waals surface area (Å²) in [6.07, 6.45) is 7.92. The zero-order valence-electron chi connectivity index (χ0n) is 16.9. The van der Waals surface area contributed by atoms with E-state index in [0.29, 0.717) is 18.6 Å². The van der Waals surface area contributed by atoms with Crippen LogP contribution in [0.25, 0.3) is 0 Å². The summed E-state index contributed by atoms with van der Waals surface area (Å²) in [7, 11) is 0. The normalized spacial score (nSPS) is 45.7. The van der Waals surface area contributed by atoms with Crippen molar-refractivity contribution in [3.8, 4) is 0 Å². The third kappa shape index (κ3) is 2.77. The summed E-state index contributed by atoms with van der Waals surface area (Å²) < 4.78 is 17.0. The highest BCUT2D eigenvalue weighted by atomic mass is 16.6. The summed E-state index contributed by atoms with van der Waals surface area (Å²) in [4.78, 5) is 11.7. The van der Waals surface area contributed by atoms with Crippen LogP contribution < -0.4 is 0 Å². The maximum atomic E-state index is 11.7. The van der Waals surface area contributed by atoms with Crippen LogP contribution in [0, 0.1) is 22.7 Å². The molecule has 1 aromatic rings. The molecule has 0 spiro atoms. The standard InChI is InChI=1S/C22H32O5/c1-14-17(24)11-20(3)18(5-6-19-21(20,4)27-19)22(14,13-26-15(2)23)9-7-16-8-10-25-12-16/h8,10,12,14,17-19,24H,5-7,9,11,13H2,1-4H3/t14-,17-,18+,19-,20-,21-,22-/m1/s1. The Balaban J connectivity index is 1.71. The van der Waals surface area contributed by atoms with Crippen LogP contribution in [-0.2, 0) is 20.7 Å². The van der Waals surface area contributed by atoms with E-state index in [1.54, 1.807) is 12.5 Å². The topological polar surface area (TPSA) is 72.2 Å². The number of carbonyl (C=O) groups excluding carboxylic acids is 1. The number of hydrogen-bond acceptors (Lipinski definition) is 5. The Labute approximate surface area is 161 Å². The molecule has 2 saturated carbocycles. The van der Waals surface area contributed by atoms with Crippen LogP contribution in [0.3, 0.4) is 0 Å². The van der Waals surface area contributed by atoms with Crippen LogP contribution in [0.1, 0.15) is 58.9 Å². The van der Waals surface area contributed by atoms with Crippen molar-refractivity contribution in [2.45, 2.75) is 77.6 Å². The van der Waals surface area contributed by atoms with Gasteiger partial charge in [0.1, 0.15) is 0 Å². The van der Waals surface area contributed by atoms with Crippen molar-refractivity contribution in [2.75, 3.05) is 6.61 Å². The molecule has 3 aliphatic rings. The molecule has 4 rings (SSSR count). The van der Waals surface area contributed by atoms with Gasteiger partial charge in [-0.25, -0.2) is 0 Å². The summed E-state index contributed by atoms with van der Waals surface area (Å²) in [5, 5.41) is 11.1. The number of rotatable bonds is 5. The first-order chi connectivity index (χ1) is 12.7. The van der Waals surface area contributed by atoms with Crippen LogP contribution >= 0.6 is 0 Å². The number of ether oxygens (including phenoxy) is 2. The second-order valence-electron chi connectivity index (χ2n) is 9.47. The summed E-state index contributed by atoms with van der Waals surface area (Å²) in [5.41, 5.74) is 0.593. The first-order valence-electron chi connectivity index (χ1n) is 10.2. The Morgan fingerprint density at radius 1 is 1.37 bits per heavy atom. The van der Waals surface area contributed by atoms with Crippen LogP contribution in [0.5, 0.6) is 0 Å². The van der Waals surface area contributed by atoms with Crippen LogP contribution in [-0.4, -0.2) is 35.5 Å². The summed E-state index contributed by atoms with van der Waals surface area (Å²) in [6.45, 7) is 8.45. The second-order valence-corrected chi connectivity index (χ2v) is 9.47. The number of esters is 1. The molecule has 0 unspecified atom stereocenters. The summed E-state index contributed by atoms with van der Waals surface area (Å²) in [6, 6.07) is 1.99. The first kappa shape index (κ1) is 19.0. The molecule has 0 radical (unpaired) electrons. The van der Waals surface area contributed by atoms with E-state index in [4.69, 9.17) is 13.9 Å². The molecule has 1 aliphatic heterocycles. The van der Waals surface area contributed by atoms with Crippen LogP contribution in [0.4, 0.5) is 0 Å². The maximum Gasteiger partial charge on any atom is 0.302 e. The molecule has 1 saturated heterocycles. The average molecular weight is 376 g/mol. The van der Waals surface area contributed by atoms with Gasteiger partial charge in [0.15, 0.2) is 0 Å². The molecule has 5 nitrogen and oxygen atoms in total. The Hall–Kier alpha value is -1.33. The number of aliphatic hydroxyl groups is 1. The van der Waals surface area contributed by atoms with Gasteiger partial charge in [-0.1, -0.05) is 13.8 Å². The molecule has 0 bridgehead atoms. The van der Waals surface area contributed by atoms with Crippen molar-refractivity contribution in [1.29, 1.82) is 0 Å². The Bertz CT molecular complexity index is 700. The average Bonchev–Trinajstić information content (AvgIpc) is 3.05. The number of hydrogen-bond donors (Lipinski definition) is 1. The van der Waals surface area contributed by atoms with Crippen molar-refractivity contribution in [3.05, 3.63) is 24.2 Å². The van der Waals surface area contributed by atoms with E-state index in [-0.39, 0.29) is 28.3 Å². The lowest BCUT2D eigenvalue weighted by atomic mass is 9.43. The molecule has 7 atom stereocenters. The third-order valence-electron chi connectivity index (χ3n) is 8.38. The fourth-order valence-corrected chi connectivity index (χ4v) is 6.41. The summed E-state index contributed by atoms with van der Waals surface area (Å²) >= 11 is 0. The lowest BCUT2D eigenvalue weighted by Gasteiger charge is -2.61. The molecule has 150 valence electrons. The lowest BCUT2D eigenvalue weighted by molar-refractivity contribution is -0.189. The number of aryl methyl sites for hydroxylation is 1. The zero-order chi connectivity index (χ0) is 19.4. The second kappa shape index (κ2) is 6.35. The monoisotopic (exact) mass is 376 g/mol. The van der Waals surface area contributed by atoms with E-state index in [0.717, 1.165) is 37.7 Å². The van der Waals surface area contributed by atoms with Gasteiger partial charge in [-0.05, 0) is 62.5 Å². The molecular formula is C22H32O5. The van der Waals surface area contributed by atoms with Crippen molar-refractivity contribution in [1.82, 2.24) is 0 Å². The molecule has 1 N–H and O–H groups in total. The first-order valence-corrected chi connectivity index (χ1v) is 10.2. The van der Waals surface area contributed by atoms with E-state index >= 15 is 0 Å². The molecule has 0 amide bonds. The SMILES string of the molecule is CC(=O)OC[C@]1(CCc2ccoc2)[C@H](C)[C@H](O)C[C@]2(C)[C@@H]1CC[C@H]1O[C@]12C. The van der Waals surface area contributed by atoms with Gasteiger partial charge in [-0.3, -0.25) is 4.79 Å². The minimum absolute atomic E-state index is 0.0562. The number of furan rings is 1. The van der Waals surface area contributed by atoms with Crippen LogP contribution in [0.2, 0.25) is 0 Å². The van der Waals surface area contributed by atoms with E-state index in [9.17, 15) is 9.90 Å². The number of carbonyl (C=O) groups is 1. The van der Waals surface area contributed by atoms with Gasteiger partial charge in [0.05, 0.1) is 36.9 Å². The third-order valence-corrected chi connectivity index (χ3v) is 8.38. The van der Waals surface area contributed by atoms with Gasteiger partial charge < -0.3 is 19.0 Å². The van der Waals surface area contributed by atoms with E-state index < -0.39 is 6.10 Å². The molecule has 0 aromatic carbocycles. The molecule has 5 heteroatoms. The quantitative estimate of drug-likeness (QED) is 0.626. The Morgan fingerprint density at radius 3 is 2.81 bits per heavy atom. The molecular weight excluding hydrogens is 344 g/mol.